The molecule has 0 aliphatic rings. The third-order valence-corrected chi connectivity index (χ3v) is 4.00. The number of carbonyl (C=O) groups excluding carboxylic acids is 1. The molecular weight excluding hydrogens is 284 g/mol. The highest BCUT2D eigenvalue weighted by Gasteiger charge is 2.25. The smallest absolute Gasteiger partial charge is 0.150 e. The van der Waals surface area contributed by atoms with Crippen LogP contribution in [0.15, 0.2) is 28.8 Å². The van der Waals surface area contributed by atoms with Crippen molar-refractivity contribution in [3.63, 3.8) is 0 Å². The molecule has 1 rings (SSSR count). The van der Waals surface area contributed by atoms with Crippen LogP contribution in [-0.4, -0.2) is 40.8 Å². The lowest BCUT2D eigenvalue weighted by Crippen LogP contribution is -2.25. The summed E-state index contributed by atoms with van der Waals surface area (Å²) in [6, 6.07) is 5.39. The van der Waals surface area contributed by atoms with E-state index in [1.807, 2.05) is 58.1 Å². The molecule has 0 heterocycles. The van der Waals surface area contributed by atoms with Gasteiger partial charge in [0.15, 0.2) is 6.29 Å². The molecule has 0 bridgehead atoms. The lowest BCUT2D eigenvalue weighted by Gasteiger charge is -2.17. The van der Waals surface area contributed by atoms with Crippen molar-refractivity contribution in [3.8, 4) is 0 Å². The van der Waals surface area contributed by atoms with Crippen LogP contribution in [0.1, 0.15) is 42.3 Å². The quantitative estimate of drug-likeness (QED) is 0.477. The summed E-state index contributed by atoms with van der Waals surface area (Å²) in [4.78, 5) is 13.1. The Kier molecular flexibility index (Phi) is 6.18. The van der Waals surface area contributed by atoms with Gasteiger partial charge in [0, 0.05) is 25.2 Å². The molecule has 0 aliphatic carbocycles. The number of hydrogen-bond donors (Lipinski definition) is 0. The van der Waals surface area contributed by atoms with Gasteiger partial charge in [-0.1, -0.05) is 22.6 Å². The van der Waals surface area contributed by atoms with Crippen LogP contribution < -0.4 is 0 Å². The van der Waals surface area contributed by atoms with Crippen molar-refractivity contribution in [2.75, 3.05) is 14.1 Å². The second-order valence-corrected chi connectivity index (χ2v) is 7.78. The second kappa shape index (κ2) is 7.43. The molecule has 0 fully saturated rings. The summed E-state index contributed by atoms with van der Waals surface area (Å²) in [6.45, 7) is 5.61. The van der Waals surface area contributed by atoms with Gasteiger partial charge in [-0.05, 0) is 38.6 Å². The van der Waals surface area contributed by atoms with Gasteiger partial charge in [0.25, 0.3) is 0 Å². The molecule has 5 heteroatoms. The molecule has 0 saturated heterocycles. The van der Waals surface area contributed by atoms with Gasteiger partial charge in [-0.3, -0.25) is 4.79 Å². The second-order valence-electron chi connectivity index (χ2n) is 5.84. The minimum atomic E-state index is -1.32. The third-order valence-electron chi connectivity index (χ3n) is 2.65. The monoisotopic (exact) mass is 306 g/mol. The van der Waals surface area contributed by atoms with Gasteiger partial charge in [0.2, 0.25) is 0 Å². The summed E-state index contributed by atoms with van der Waals surface area (Å²) in [5.41, 5.74) is 2.13. The molecule has 1 aromatic rings. The highest BCUT2D eigenvalue weighted by Crippen LogP contribution is 2.19. The van der Waals surface area contributed by atoms with Crippen molar-refractivity contribution in [3.05, 3.63) is 41.1 Å². The van der Waals surface area contributed by atoms with Crippen LogP contribution in [0, 0.1) is 0 Å². The Hall–Kier alpha value is -1.59. The molecule has 0 saturated carbocycles. The van der Waals surface area contributed by atoms with Crippen LogP contribution in [0.4, 0.5) is 0 Å². The van der Waals surface area contributed by atoms with Crippen LogP contribution in [0.3, 0.4) is 0 Å². The Morgan fingerprint density at radius 2 is 1.86 bits per heavy atom. The molecule has 0 spiro atoms. The maximum atomic E-state index is 12.0. The van der Waals surface area contributed by atoms with E-state index in [0.29, 0.717) is 5.56 Å². The molecule has 1 atom stereocenters. The predicted octanol–water partition coefficient (Wildman–Crippen LogP) is 2.91. The van der Waals surface area contributed by atoms with Gasteiger partial charge < -0.3 is 9.45 Å². The predicted molar refractivity (Wildman–Crippen MR) is 90.0 cm³/mol. The third kappa shape index (κ3) is 5.36. The van der Waals surface area contributed by atoms with Crippen LogP contribution in [0.5, 0.6) is 0 Å². The van der Waals surface area contributed by atoms with Crippen molar-refractivity contribution in [1.82, 2.24) is 4.90 Å². The largest absolute Gasteiger partial charge is 0.591 e. The molecular formula is C16H22N2O2S. The van der Waals surface area contributed by atoms with E-state index in [4.69, 9.17) is 0 Å². The van der Waals surface area contributed by atoms with Crippen molar-refractivity contribution >= 4 is 29.9 Å². The minimum absolute atomic E-state index is 0.404. The molecule has 1 unspecified atom stereocenters. The summed E-state index contributed by atoms with van der Waals surface area (Å²) in [5.74, 6) is 0. The number of nitrogens with zero attached hydrogens (tertiary/aromatic N) is 2. The van der Waals surface area contributed by atoms with E-state index >= 15 is 0 Å². The first kappa shape index (κ1) is 17.5. The van der Waals surface area contributed by atoms with E-state index in [1.165, 1.54) is 0 Å². The van der Waals surface area contributed by atoms with Crippen molar-refractivity contribution in [2.24, 2.45) is 4.40 Å². The van der Waals surface area contributed by atoms with Crippen molar-refractivity contribution in [2.45, 2.75) is 25.5 Å². The first-order valence-corrected chi connectivity index (χ1v) is 7.75. The number of hydrogen-bond acceptors (Lipinski definition) is 4. The Morgan fingerprint density at radius 1 is 1.24 bits per heavy atom. The van der Waals surface area contributed by atoms with E-state index in [-0.39, 0.29) is 0 Å². The zero-order valence-electron chi connectivity index (χ0n) is 13.2. The van der Waals surface area contributed by atoms with E-state index in [2.05, 4.69) is 4.40 Å². The van der Waals surface area contributed by atoms with Crippen molar-refractivity contribution < 1.29 is 9.35 Å². The average Bonchev–Trinajstić information content (AvgIpc) is 2.41. The average molecular weight is 306 g/mol. The summed E-state index contributed by atoms with van der Waals surface area (Å²) >= 11 is -1.32. The number of rotatable bonds is 5. The summed E-state index contributed by atoms with van der Waals surface area (Å²) in [5, 5.41) is 0. The van der Waals surface area contributed by atoms with Gasteiger partial charge in [-0.2, -0.15) is 0 Å². The van der Waals surface area contributed by atoms with Gasteiger partial charge in [-0.25, -0.2) is 0 Å². The fourth-order valence-electron chi connectivity index (χ4n) is 1.50. The van der Waals surface area contributed by atoms with E-state index < -0.39 is 16.1 Å². The van der Waals surface area contributed by atoms with Gasteiger partial charge in [0.05, 0.1) is 6.21 Å². The lowest BCUT2D eigenvalue weighted by atomic mass is 10.0. The number of carbonyl (C=O) groups is 1. The minimum Gasteiger partial charge on any atom is -0.591 e. The Balaban J connectivity index is 3.18. The maximum Gasteiger partial charge on any atom is 0.150 e. The summed E-state index contributed by atoms with van der Waals surface area (Å²) < 4.78 is 15.7. The molecule has 4 nitrogen and oxygen atoms in total. The molecule has 0 amide bonds. The van der Waals surface area contributed by atoms with Crippen LogP contribution in [0.2, 0.25) is 0 Å². The summed E-state index contributed by atoms with van der Waals surface area (Å²) in [7, 11) is 3.81. The van der Waals surface area contributed by atoms with E-state index in [1.54, 1.807) is 18.3 Å². The molecule has 0 aromatic heterocycles. The Labute approximate surface area is 129 Å². The normalized spacial score (nSPS) is 13.8. The molecule has 0 N–H and O–H groups in total. The van der Waals surface area contributed by atoms with Gasteiger partial charge in [0.1, 0.15) is 16.1 Å². The standard InChI is InChI=1S/C16H22N2O2S/c1-16(2,3)21(20)17-11-13-7-6-8-14(12-19)15(13)9-10-18(4)5/h6-12H,1-5H3/b10-9-,17-11+. The topological polar surface area (TPSA) is 55.7 Å². The number of aldehydes is 1. The lowest BCUT2D eigenvalue weighted by molar-refractivity contribution is 0.112. The summed E-state index contributed by atoms with van der Waals surface area (Å²) in [6.07, 6.45) is 6.10. The first-order chi connectivity index (χ1) is 9.75. The van der Waals surface area contributed by atoms with Crippen molar-refractivity contribution in [1.29, 1.82) is 0 Å². The van der Waals surface area contributed by atoms with Crippen LogP contribution in [0.25, 0.3) is 6.08 Å². The highest BCUT2D eigenvalue weighted by molar-refractivity contribution is 7.91. The number of benzene rings is 1. The molecule has 0 aliphatic heterocycles. The van der Waals surface area contributed by atoms with Crippen LogP contribution >= 0.6 is 0 Å². The van der Waals surface area contributed by atoms with Crippen LogP contribution in [-0.2, 0) is 11.4 Å². The molecule has 21 heavy (non-hydrogen) atoms. The zero-order chi connectivity index (χ0) is 16.0. The van der Waals surface area contributed by atoms with E-state index in [0.717, 1.165) is 17.4 Å². The SMILES string of the molecule is CN(C)/C=C\c1c(C=O)cccc1/C=N/[S+]([O-])C(C)(C)C. The molecule has 114 valence electrons. The van der Waals surface area contributed by atoms with E-state index in [9.17, 15) is 9.35 Å². The van der Waals surface area contributed by atoms with Gasteiger partial charge >= 0.3 is 0 Å². The first-order valence-electron chi connectivity index (χ1n) is 6.64. The molecule has 0 radical (unpaired) electrons. The Morgan fingerprint density at radius 3 is 2.38 bits per heavy atom. The fraction of sp³-hybridized carbons (Fsp3) is 0.375. The van der Waals surface area contributed by atoms with Gasteiger partial charge in [-0.15, -0.1) is 0 Å². The zero-order valence-corrected chi connectivity index (χ0v) is 14.0. The molecule has 1 aromatic carbocycles. The fourth-order valence-corrected chi connectivity index (χ4v) is 2.02. The maximum absolute atomic E-state index is 12.0. The highest BCUT2D eigenvalue weighted by atomic mass is 32.2. The Bertz CT molecular complexity index is 546.